The third kappa shape index (κ3) is 6.25. The Labute approximate surface area is 170 Å². The van der Waals surface area contributed by atoms with Gasteiger partial charge >= 0.3 is 5.97 Å². The zero-order valence-electron chi connectivity index (χ0n) is 16.3. The molecule has 156 valence electrons. The predicted octanol–water partition coefficient (Wildman–Crippen LogP) is 1.36. The van der Waals surface area contributed by atoms with E-state index in [4.69, 9.17) is 32.5 Å². The summed E-state index contributed by atoms with van der Waals surface area (Å²) in [5.74, 6) is 0.00739. The van der Waals surface area contributed by atoms with Crippen molar-refractivity contribution in [3.05, 3.63) is 22.7 Å². The van der Waals surface area contributed by atoms with E-state index in [1.807, 2.05) is 4.90 Å². The van der Waals surface area contributed by atoms with E-state index in [1.165, 1.54) is 19.2 Å². The third-order valence-electron chi connectivity index (χ3n) is 4.75. The largest absolute Gasteiger partial charge is 0.496 e. The fraction of sp³-hybridized carbons (Fsp3) is 0.579. The molecule has 0 aromatic heterocycles. The van der Waals surface area contributed by atoms with Crippen molar-refractivity contribution in [1.29, 1.82) is 0 Å². The van der Waals surface area contributed by atoms with E-state index in [2.05, 4.69) is 4.90 Å². The molecule has 8 nitrogen and oxygen atoms in total. The lowest BCUT2D eigenvalue weighted by atomic mass is 10.2. The van der Waals surface area contributed by atoms with Crippen molar-refractivity contribution in [3.8, 4) is 5.75 Å². The minimum Gasteiger partial charge on any atom is -0.496 e. The Morgan fingerprint density at radius 3 is 2.54 bits per heavy atom. The van der Waals surface area contributed by atoms with Crippen LogP contribution in [-0.4, -0.2) is 74.7 Å². The van der Waals surface area contributed by atoms with Crippen LogP contribution >= 0.6 is 11.6 Å². The quantitative estimate of drug-likeness (QED) is 0.358. The highest BCUT2D eigenvalue weighted by molar-refractivity contribution is 6.33. The Hall–Kier alpha value is -2.03. The molecule has 0 bridgehead atoms. The van der Waals surface area contributed by atoms with Crippen LogP contribution in [-0.2, 0) is 9.53 Å². The van der Waals surface area contributed by atoms with Crippen molar-refractivity contribution in [2.75, 3.05) is 58.7 Å². The first kappa shape index (κ1) is 22.3. The summed E-state index contributed by atoms with van der Waals surface area (Å²) in [5, 5.41) is 0.278. The molecule has 0 spiro atoms. The molecule has 1 saturated heterocycles. The number of esters is 1. The first-order chi connectivity index (χ1) is 13.5. The summed E-state index contributed by atoms with van der Waals surface area (Å²) in [6, 6.07) is 2.95. The molecule has 0 saturated carbocycles. The van der Waals surface area contributed by atoms with Gasteiger partial charge in [0.2, 0.25) is 5.91 Å². The summed E-state index contributed by atoms with van der Waals surface area (Å²) >= 11 is 5.99. The minimum atomic E-state index is -0.507. The van der Waals surface area contributed by atoms with E-state index in [-0.39, 0.29) is 23.1 Å². The summed E-state index contributed by atoms with van der Waals surface area (Å²) in [7, 11) is 1.45. The smallest absolute Gasteiger partial charge is 0.342 e. The van der Waals surface area contributed by atoms with Crippen LogP contribution in [0.15, 0.2) is 12.1 Å². The van der Waals surface area contributed by atoms with Crippen molar-refractivity contribution in [3.63, 3.8) is 0 Å². The number of piperazine rings is 1. The SMILES string of the molecule is COc1cc(N)c(Cl)cc1C(=O)OCCN1CCN(C(=O)CCCCN)CC1. The average molecular weight is 413 g/mol. The van der Waals surface area contributed by atoms with Gasteiger partial charge in [0.25, 0.3) is 0 Å². The van der Waals surface area contributed by atoms with Crippen LogP contribution in [0.4, 0.5) is 5.69 Å². The molecule has 1 aliphatic rings. The van der Waals surface area contributed by atoms with E-state index in [1.54, 1.807) is 0 Å². The number of amides is 1. The Balaban J connectivity index is 1.74. The monoisotopic (exact) mass is 412 g/mol. The lowest BCUT2D eigenvalue weighted by Gasteiger charge is -2.34. The van der Waals surface area contributed by atoms with Gasteiger partial charge in [0.1, 0.15) is 17.9 Å². The molecular formula is C19H29ClN4O4. The lowest BCUT2D eigenvalue weighted by molar-refractivity contribution is -0.133. The van der Waals surface area contributed by atoms with Gasteiger partial charge in [-0.1, -0.05) is 11.6 Å². The molecule has 2 rings (SSSR count). The predicted molar refractivity (Wildman–Crippen MR) is 109 cm³/mol. The number of rotatable bonds is 9. The second kappa shape index (κ2) is 11.1. The summed E-state index contributed by atoms with van der Waals surface area (Å²) in [5.41, 5.74) is 11.8. The zero-order valence-corrected chi connectivity index (χ0v) is 17.0. The molecule has 4 N–H and O–H groups in total. The fourth-order valence-corrected chi connectivity index (χ4v) is 3.21. The number of hydrogen-bond acceptors (Lipinski definition) is 7. The van der Waals surface area contributed by atoms with Crippen LogP contribution in [0, 0.1) is 0 Å². The summed E-state index contributed by atoms with van der Waals surface area (Å²) < 4.78 is 10.5. The van der Waals surface area contributed by atoms with Crippen molar-refractivity contribution in [2.45, 2.75) is 19.3 Å². The van der Waals surface area contributed by atoms with Crippen LogP contribution in [0.5, 0.6) is 5.75 Å². The van der Waals surface area contributed by atoms with E-state index in [9.17, 15) is 9.59 Å². The van der Waals surface area contributed by atoms with Gasteiger partial charge in [0.15, 0.2) is 0 Å². The van der Waals surface area contributed by atoms with Gasteiger partial charge in [-0.05, 0) is 25.5 Å². The Kier molecular flexibility index (Phi) is 8.82. The van der Waals surface area contributed by atoms with Gasteiger partial charge in [-0.3, -0.25) is 9.69 Å². The second-order valence-electron chi connectivity index (χ2n) is 6.68. The summed E-state index contributed by atoms with van der Waals surface area (Å²) in [6.07, 6.45) is 2.27. The number of carbonyl (C=O) groups excluding carboxylic acids is 2. The number of unbranched alkanes of at least 4 members (excludes halogenated alkanes) is 1. The number of benzene rings is 1. The molecule has 1 amide bonds. The van der Waals surface area contributed by atoms with Crippen molar-refractivity contribution in [1.82, 2.24) is 9.80 Å². The number of hydrogen-bond donors (Lipinski definition) is 2. The molecule has 28 heavy (non-hydrogen) atoms. The lowest BCUT2D eigenvalue weighted by Crippen LogP contribution is -2.49. The van der Waals surface area contributed by atoms with Crippen LogP contribution < -0.4 is 16.2 Å². The molecule has 1 aromatic carbocycles. The van der Waals surface area contributed by atoms with E-state index < -0.39 is 5.97 Å². The minimum absolute atomic E-state index is 0.187. The van der Waals surface area contributed by atoms with Crippen molar-refractivity contribution >= 4 is 29.2 Å². The Morgan fingerprint density at radius 2 is 1.89 bits per heavy atom. The van der Waals surface area contributed by atoms with Gasteiger partial charge in [0, 0.05) is 45.2 Å². The highest BCUT2D eigenvalue weighted by atomic mass is 35.5. The zero-order chi connectivity index (χ0) is 20.5. The van der Waals surface area contributed by atoms with E-state index in [0.29, 0.717) is 44.0 Å². The van der Waals surface area contributed by atoms with E-state index >= 15 is 0 Å². The van der Waals surface area contributed by atoms with Crippen LogP contribution in [0.25, 0.3) is 0 Å². The van der Waals surface area contributed by atoms with Gasteiger partial charge < -0.3 is 25.8 Å². The molecule has 1 aliphatic heterocycles. The number of ether oxygens (including phenoxy) is 2. The maximum atomic E-state index is 12.3. The first-order valence-corrected chi connectivity index (χ1v) is 9.84. The third-order valence-corrected chi connectivity index (χ3v) is 5.08. The maximum Gasteiger partial charge on any atom is 0.342 e. The molecule has 0 aliphatic carbocycles. The van der Waals surface area contributed by atoms with Crippen molar-refractivity contribution in [2.24, 2.45) is 5.73 Å². The molecular weight excluding hydrogens is 384 g/mol. The summed E-state index contributed by atoms with van der Waals surface area (Å²) in [6.45, 7) is 4.37. The Morgan fingerprint density at radius 1 is 1.18 bits per heavy atom. The highest BCUT2D eigenvalue weighted by Crippen LogP contribution is 2.29. The van der Waals surface area contributed by atoms with Crippen LogP contribution in [0.1, 0.15) is 29.6 Å². The average Bonchev–Trinajstić information content (AvgIpc) is 2.70. The number of nitrogens with zero attached hydrogens (tertiary/aromatic N) is 2. The van der Waals surface area contributed by atoms with Gasteiger partial charge in [-0.25, -0.2) is 4.79 Å². The number of methoxy groups -OCH3 is 1. The molecule has 1 heterocycles. The number of nitrogen functional groups attached to an aromatic ring is 1. The van der Waals surface area contributed by atoms with Crippen LogP contribution in [0.3, 0.4) is 0 Å². The van der Waals surface area contributed by atoms with Gasteiger partial charge in [-0.15, -0.1) is 0 Å². The van der Waals surface area contributed by atoms with Gasteiger partial charge in [-0.2, -0.15) is 0 Å². The number of carbonyl (C=O) groups is 2. The molecule has 0 unspecified atom stereocenters. The highest BCUT2D eigenvalue weighted by Gasteiger charge is 2.21. The van der Waals surface area contributed by atoms with Crippen LogP contribution in [0.2, 0.25) is 5.02 Å². The maximum absolute atomic E-state index is 12.3. The fourth-order valence-electron chi connectivity index (χ4n) is 3.04. The van der Waals surface area contributed by atoms with Crippen molar-refractivity contribution < 1.29 is 19.1 Å². The number of nitrogens with two attached hydrogens (primary N) is 2. The normalized spacial score (nSPS) is 14.8. The van der Waals surface area contributed by atoms with E-state index in [0.717, 1.165) is 25.9 Å². The topological polar surface area (TPSA) is 111 Å². The molecule has 1 aromatic rings. The van der Waals surface area contributed by atoms with Gasteiger partial charge in [0.05, 0.1) is 17.8 Å². The first-order valence-electron chi connectivity index (χ1n) is 9.46. The Bertz CT molecular complexity index is 678. The second-order valence-corrected chi connectivity index (χ2v) is 7.09. The summed E-state index contributed by atoms with van der Waals surface area (Å²) in [4.78, 5) is 28.5. The molecule has 1 fully saturated rings. The molecule has 0 atom stereocenters. The molecule has 0 radical (unpaired) electrons. The molecule has 9 heteroatoms. The number of halogens is 1. The number of anilines is 1. The standard InChI is InChI=1S/C19H29ClN4O4/c1-27-17-13-16(22)15(20)12-14(17)19(26)28-11-10-23-6-8-24(9-7-23)18(25)4-2-3-5-21/h12-13H,2-11,21-22H2,1H3.